The number of benzene rings is 1. The van der Waals surface area contributed by atoms with Crippen molar-refractivity contribution in [2.24, 2.45) is 5.92 Å². The largest absolute Gasteiger partial charge is 0.396 e. The Morgan fingerprint density at radius 2 is 2.17 bits per heavy atom. The Morgan fingerprint density at radius 1 is 1.42 bits per heavy atom. The van der Waals surface area contributed by atoms with Gasteiger partial charge in [0, 0.05) is 19.1 Å². The first kappa shape index (κ1) is 17.3. The molecule has 0 spiro atoms. The number of piperidine rings is 1. The lowest BCUT2D eigenvalue weighted by molar-refractivity contribution is -0.122. The van der Waals surface area contributed by atoms with Crippen LogP contribution >= 0.6 is 11.3 Å². The summed E-state index contributed by atoms with van der Waals surface area (Å²) in [6, 6.07) is 8.13. The summed E-state index contributed by atoms with van der Waals surface area (Å²) in [5.41, 5.74) is 1.03. The number of nitrogens with one attached hydrogen (secondary N) is 1. The van der Waals surface area contributed by atoms with Crippen LogP contribution in [0.15, 0.2) is 24.3 Å². The first-order valence-electron chi connectivity index (χ1n) is 8.61. The Kier molecular flexibility index (Phi) is 5.81. The molecule has 1 saturated heterocycles. The van der Waals surface area contributed by atoms with E-state index in [2.05, 4.69) is 28.2 Å². The molecule has 6 heteroatoms. The molecule has 1 aliphatic heterocycles. The predicted octanol–water partition coefficient (Wildman–Crippen LogP) is 2.22. The van der Waals surface area contributed by atoms with Crippen LogP contribution in [0.25, 0.3) is 10.2 Å². The maximum atomic E-state index is 12.2. The van der Waals surface area contributed by atoms with Crippen LogP contribution < -0.4 is 5.32 Å². The number of fused-ring (bicyclic) bond motifs is 1. The molecule has 3 rings (SSSR count). The van der Waals surface area contributed by atoms with E-state index in [-0.39, 0.29) is 18.4 Å². The monoisotopic (exact) mass is 347 g/mol. The van der Waals surface area contributed by atoms with E-state index in [1.54, 1.807) is 11.3 Å². The second-order valence-electron chi connectivity index (χ2n) is 6.63. The molecule has 1 amide bonds. The normalized spacial score (nSPS) is 17.9. The number of thiazole rings is 1. The van der Waals surface area contributed by atoms with Gasteiger partial charge in [-0.15, -0.1) is 11.3 Å². The Labute approximate surface area is 146 Å². The molecule has 0 bridgehead atoms. The molecule has 0 aliphatic carbocycles. The van der Waals surface area contributed by atoms with E-state index in [1.807, 2.05) is 18.2 Å². The fourth-order valence-electron chi connectivity index (χ4n) is 3.04. The lowest BCUT2D eigenvalue weighted by atomic mass is 9.98. The molecule has 1 aromatic heterocycles. The molecule has 24 heavy (non-hydrogen) atoms. The van der Waals surface area contributed by atoms with Gasteiger partial charge in [0.05, 0.1) is 21.8 Å². The summed E-state index contributed by atoms with van der Waals surface area (Å²) in [5, 5.41) is 13.3. The smallest absolute Gasteiger partial charge is 0.234 e. The summed E-state index contributed by atoms with van der Waals surface area (Å²) in [5.74, 6) is 0.695. The average Bonchev–Trinajstić information content (AvgIpc) is 3.04. The van der Waals surface area contributed by atoms with Gasteiger partial charge in [-0.05, 0) is 44.0 Å². The topological polar surface area (TPSA) is 65.5 Å². The number of rotatable bonds is 6. The minimum atomic E-state index is 0.0745. The molecule has 2 heterocycles. The fourth-order valence-corrected chi connectivity index (χ4v) is 4.06. The third kappa shape index (κ3) is 4.32. The first-order valence-corrected chi connectivity index (χ1v) is 9.42. The molecule has 2 N–H and O–H groups in total. The van der Waals surface area contributed by atoms with Crippen molar-refractivity contribution in [1.82, 2.24) is 15.2 Å². The molecule has 0 radical (unpaired) electrons. The average molecular weight is 347 g/mol. The number of carbonyl (C=O) groups is 1. The number of aliphatic hydroxyl groups excluding tert-OH is 1. The molecule has 1 fully saturated rings. The van der Waals surface area contributed by atoms with E-state index in [0.29, 0.717) is 19.0 Å². The van der Waals surface area contributed by atoms with E-state index in [9.17, 15) is 4.79 Å². The van der Waals surface area contributed by atoms with Gasteiger partial charge in [-0.3, -0.25) is 9.69 Å². The molecule has 2 aromatic rings. The van der Waals surface area contributed by atoms with E-state index in [4.69, 9.17) is 5.11 Å². The van der Waals surface area contributed by atoms with Gasteiger partial charge in [0.1, 0.15) is 0 Å². The zero-order chi connectivity index (χ0) is 16.9. The highest BCUT2D eigenvalue weighted by atomic mass is 32.1. The zero-order valence-electron chi connectivity index (χ0n) is 14.1. The Morgan fingerprint density at radius 3 is 2.88 bits per heavy atom. The quantitative estimate of drug-likeness (QED) is 0.841. The predicted molar refractivity (Wildman–Crippen MR) is 97.3 cm³/mol. The summed E-state index contributed by atoms with van der Waals surface area (Å²) < 4.78 is 1.19. The van der Waals surface area contributed by atoms with Crippen LogP contribution in [0.2, 0.25) is 0 Å². The van der Waals surface area contributed by atoms with Crippen molar-refractivity contribution >= 4 is 27.5 Å². The number of aromatic nitrogens is 1. The van der Waals surface area contributed by atoms with Crippen molar-refractivity contribution in [2.75, 3.05) is 32.8 Å². The van der Waals surface area contributed by atoms with Gasteiger partial charge in [-0.2, -0.15) is 0 Å². The van der Waals surface area contributed by atoms with Crippen LogP contribution in [-0.2, 0) is 4.79 Å². The van der Waals surface area contributed by atoms with Gasteiger partial charge in [0.2, 0.25) is 5.91 Å². The SMILES string of the molecule is CC(CNC(=O)CN1CCC(CO)CC1)c1nc2ccccc2s1. The molecule has 130 valence electrons. The summed E-state index contributed by atoms with van der Waals surface area (Å²) in [6.45, 7) is 5.22. The van der Waals surface area contributed by atoms with E-state index < -0.39 is 0 Å². The number of nitrogens with zero attached hydrogens (tertiary/aromatic N) is 2. The van der Waals surface area contributed by atoms with Crippen molar-refractivity contribution in [2.45, 2.75) is 25.7 Å². The number of carbonyl (C=O) groups excluding carboxylic acids is 1. The van der Waals surface area contributed by atoms with Gasteiger partial charge in [-0.1, -0.05) is 19.1 Å². The summed E-state index contributed by atoms with van der Waals surface area (Å²) in [7, 11) is 0. The van der Waals surface area contributed by atoms with Gasteiger partial charge in [0.15, 0.2) is 0 Å². The van der Waals surface area contributed by atoms with Gasteiger partial charge >= 0.3 is 0 Å². The van der Waals surface area contributed by atoms with Crippen molar-refractivity contribution < 1.29 is 9.90 Å². The zero-order valence-corrected chi connectivity index (χ0v) is 14.9. The Hall–Kier alpha value is -1.50. The Balaban J connectivity index is 1.45. The van der Waals surface area contributed by atoms with Crippen LogP contribution in [0.3, 0.4) is 0 Å². The summed E-state index contributed by atoms with van der Waals surface area (Å²) in [6.07, 6.45) is 1.96. The number of likely N-dealkylation sites (tertiary alicyclic amines) is 1. The van der Waals surface area contributed by atoms with Crippen molar-refractivity contribution in [3.8, 4) is 0 Å². The van der Waals surface area contributed by atoms with Gasteiger partial charge < -0.3 is 10.4 Å². The summed E-state index contributed by atoms with van der Waals surface area (Å²) in [4.78, 5) is 19.0. The number of hydrogen-bond donors (Lipinski definition) is 2. The van der Waals surface area contributed by atoms with Crippen molar-refractivity contribution in [3.63, 3.8) is 0 Å². The van der Waals surface area contributed by atoms with Crippen LogP contribution in [-0.4, -0.2) is 53.7 Å². The van der Waals surface area contributed by atoms with Crippen molar-refractivity contribution in [1.29, 1.82) is 0 Å². The Bertz CT molecular complexity index is 647. The molecule has 0 saturated carbocycles. The first-order chi connectivity index (χ1) is 11.7. The van der Waals surface area contributed by atoms with Crippen LogP contribution in [0.4, 0.5) is 0 Å². The lowest BCUT2D eigenvalue weighted by Crippen LogP contribution is -2.42. The third-order valence-corrected chi connectivity index (χ3v) is 5.94. The van der Waals surface area contributed by atoms with Gasteiger partial charge in [0.25, 0.3) is 0 Å². The molecule has 1 atom stereocenters. The van der Waals surface area contributed by atoms with Gasteiger partial charge in [-0.25, -0.2) is 4.98 Å². The third-order valence-electron chi connectivity index (χ3n) is 4.67. The second-order valence-corrected chi connectivity index (χ2v) is 7.69. The molecule has 1 aliphatic rings. The van der Waals surface area contributed by atoms with E-state index in [1.165, 1.54) is 4.70 Å². The van der Waals surface area contributed by atoms with Crippen LogP contribution in [0.1, 0.15) is 30.7 Å². The number of hydrogen-bond acceptors (Lipinski definition) is 5. The van der Waals surface area contributed by atoms with E-state index in [0.717, 1.165) is 36.5 Å². The van der Waals surface area contributed by atoms with Crippen molar-refractivity contribution in [3.05, 3.63) is 29.3 Å². The maximum Gasteiger partial charge on any atom is 0.234 e. The number of aliphatic hydroxyl groups is 1. The molecule has 1 unspecified atom stereocenters. The molecular weight excluding hydrogens is 322 g/mol. The minimum Gasteiger partial charge on any atom is -0.396 e. The molecule has 5 nitrogen and oxygen atoms in total. The fraction of sp³-hybridized carbons (Fsp3) is 0.556. The summed E-state index contributed by atoms with van der Waals surface area (Å²) >= 11 is 1.70. The highest BCUT2D eigenvalue weighted by Crippen LogP contribution is 2.26. The minimum absolute atomic E-state index is 0.0745. The maximum absolute atomic E-state index is 12.2. The number of amides is 1. The second kappa shape index (κ2) is 8.05. The molecule has 1 aromatic carbocycles. The van der Waals surface area contributed by atoms with E-state index >= 15 is 0 Å². The number of para-hydroxylation sites is 1. The highest BCUT2D eigenvalue weighted by molar-refractivity contribution is 7.18. The molecular formula is C18H25N3O2S. The van der Waals surface area contributed by atoms with Crippen LogP contribution in [0, 0.1) is 5.92 Å². The van der Waals surface area contributed by atoms with Crippen LogP contribution in [0.5, 0.6) is 0 Å². The lowest BCUT2D eigenvalue weighted by Gasteiger charge is -2.30. The highest BCUT2D eigenvalue weighted by Gasteiger charge is 2.20. The standard InChI is InChI=1S/C18H25N3O2S/c1-13(18-20-15-4-2-3-5-16(15)24-18)10-19-17(23)11-21-8-6-14(12-22)7-9-21/h2-5,13-14,22H,6-12H2,1H3,(H,19,23).